The standard InChI is InChI=1S/C13H15N3O3/c1-2-11-9-19-6-5-15(11)13-4-3-12(16(17)18)7-10(13)8-14/h3-4,7,11H,2,5-6,9H2,1H3. The molecule has 0 amide bonds. The van der Waals surface area contributed by atoms with Crippen molar-refractivity contribution in [2.75, 3.05) is 24.7 Å². The maximum atomic E-state index is 10.7. The number of rotatable bonds is 3. The van der Waals surface area contributed by atoms with Crippen LogP contribution in [0.4, 0.5) is 11.4 Å². The van der Waals surface area contributed by atoms with Crippen molar-refractivity contribution in [2.24, 2.45) is 0 Å². The van der Waals surface area contributed by atoms with Gasteiger partial charge in [0.2, 0.25) is 0 Å². The molecule has 0 aliphatic carbocycles. The highest BCUT2D eigenvalue weighted by molar-refractivity contribution is 5.63. The van der Waals surface area contributed by atoms with Crippen LogP contribution in [0.3, 0.4) is 0 Å². The van der Waals surface area contributed by atoms with Gasteiger partial charge in [0.25, 0.3) is 5.69 Å². The van der Waals surface area contributed by atoms with Crippen molar-refractivity contribution in [1.82, 2.24) is 0 Å². The number of ether oxygens (including phenoxy) is 1. The largest absolute Gasteiger partial charge is 0.377 e. The first-order valence-corrected chi connectivity index (χ1v) is 6.20. The summed E-state index contributed by atoms with van der Waals surface area (Å²) >= 11 is 0. The van der Waals surface area contributed by atoms with Gasteiger partial charge in [-0.1, -0.05) is 6.92 Å². The fraction of sp³-hybridized carbons (Fsp3) is 0.462. The summed E-state index contributed by atoms with van der Waals surface area (Å²) in [5, 5.41) is 19.9. The third-order valence-electron chi connectivity index (χ3n) is 3.32. The lowest BCUT2D eigenvalue weighted by Gasteiger charge is -2.37. The first-order valence-electron chi connectivity index (χ1n) is 6.20. The number of benzene rings is 1. The molecule has 0 spiro atoms. The number of hydrogen-bond acceptors (Lipinski definition) is 5. The number of nitro groups is 1. The summed E-state index contributed by atoms with van der Waals surface area (Å²) in [6, 6.07) is 6.69. The molecule has 0 saturated carbocycles. The number of nitrogens with zero attached hydrogens (tertiary/aromatic N) is 3. The van der Waals surface area contributed by atoms with Crippen LogP contribution >= 0.6 is 0 Å². The fourth-order valence-corrected chi connectivity index (χ4v) is 2.29. The molecule has 1 heterocycles. The monoisotopic (exact) mass is 261 g/mol. The van der Waals surface area contributed by atoms with Gasteiger partial charge < -0.3 is 9.64 Å². The topological polar surface area (TPSA) is 79.4 Å². The molecule has 0 N–H and O–H groups in total. The lowest BCUT2D eigenvalue weighted by molar-refractivity contribution is -0.384. The zero-order valence-corrected chi connectivity index (χ0v) is 10.7. The Kier molecular flexibility index (Phi) is 3.97. The van der Waals surface area contributed by atoms with Crippen molar-refractivity contribution >= 4 is 11.4 Å². The molecule has 1 unspecified atom stereocenters. The summed E-state index contributed by atoms with van der Waals surface area (Å²) < 4.78 is 5.43. The molecule has 19 heavy (non-hydrogen) atoms. The zero-order valence-electron chi connectivity index (χ0n) is 10.7. The van der Waals surface area contributed by atoms with Crippen LogP contribution in [-0.2, 0) is 4.74 Å². The lowest BCUT2D eigenvalue weighted by atomic mass is 10.1. The SMILES string of the molecule is CCC1COCCN1c1ccc([N+](=O)[O-])cc1C#N. The molecule has 1 aliphatic heterocycles. The molecule has 0 radical (unpaired) electrons. The third kappa shape index (κ3) is 2.66. The molecule has 1 saturated heterocycles. The predicted octanol–water partition coefficient (Wildman–Crippen LogP) is 2.08. The van der Waals surface area contributed by atoms with E-state index in [0.29, 0.717) is 25.3 Å². The predicted molar refractivity (Wildman–Crippen MR) is 70.1 cm³/mol. The van der Waals surface area contributed by atoms with E-state index in [0.717, 1.165) is 12.1 Å². The summed E-state index contributed by atoms with van der Waals surface area (Å²) in [7, 11) is 0. The Balaban J connectivity index is 2.38. The highest BCUT2D eigenvalue weighted by atomic mass is 16.6. The van der Waals surface area contributed by atoms with Gasteiger partial charge in [-0.25, -0.2) is 0 Å². The van der Waals surface area contributed by atoms with Crippen molar-refractivity contribution in [2.45, 2.75) is 19.4 Å². The molecule has 1 atom stereocenters. The Morgan fingerprint density at radius 2 is 2.42 bits per heavy atom. The summed E-state index contributed by atoms with van der Waals surface area (Å²) in [5.74, 6) is 0. The van der Waals surface area contributed by atoms with Gasteiger partial charge in [0.05, 0.1) is 35.4 Å². The third-order valence-corrected chi connectivity index (χ3v) is 3.32. The van der Waals surface area contributed by atoms with Gasteiger partial charge in [-0.3, -0.25) is 10.1 Å². The van der Waals surface area contributed by atoms with E-state index in [1.54, 1.807) is 6.07 Å². The van der Waals surface area contributed by atoms with E-state index < -0.39 is 4.92 Å². The first-order chi connectivity index (χ1) is 9.17. The molecule has 0 bridgehead atoms. The smallest absolute Gasteiger partial charge is 0.270 e. The van der Waals surface area contributed by atoms with Gasteiger partial charge in [0, 0.05) is 18.7 Å². The van der Waals surface area contributed by atoms with Crippen LogP contribution in [0.25, 0.3) is 0 Å². The average Bonchev–Trinajstić information content (AvgIpc) is 2.46. The van der Waals surface area contributed by atoms with E-state index in [-0.39, 0.29) is 11.7 Å². The molecule has 1 aliphatic rings. The van der Waals surface area contributed by atoms with Crippen LogP contribution in [-0.4, -0.2) is 30.7 Å². The Hall–Kier alpha value is -2.13. The minimum atomic E-state index is -0.485. The Labute approximate surface area is 111 Å². The molecule has 100 valence electrons. The van der Waals surface area contributed by atoms with E-state index >= 15 is 0 Å². The van der Waals surface area contributed by atoms with Crippen molar-refractivity contribution in [3.05, 3.63) is 33.9 Å². The van der Waals surface area contributed by atoms with Crippen LogP contribution in [0.2, 0.25) is 0 Å². The van der Waals surface area contributed by atoms with Crippen molar-refractivity contribution in [3.8, 4) is 6.07 Å². The molecule has 1 aromatic carbocycles. The number of morpholine rings is 1. The number of anilines is 1. The molecule has 0 aromatic heterocycles. The maximum absolute atomic E-state index is 10.7. The Morgan fingerprint density at radius 1 is 1.63 bits per heavy atom. The molecular formula is C13H15N3O3. The van der Waals surface area contributed by atoms with E-state index in [9.17, 15) is 15.4 Å². The van der Waals surface area contributed by atoms with E-state index in [1.165, 1.54) is 12.1 Å². The van der Waals surface area contributed by atoms with Gasteiger partial charge in [-0.15, -0.1) is 0 Å². The van der Waals surface area contributed by atoms with Crippen LogP contribution in [0.1, 0.15) is 18.9 Å². The van der Waals surface area contributed by atoms with Crippen molar-refractivity contribution in [3.63, 3.8) is 0 Å². The van der Waals surface area contributed by atoms with E-state index in [4.69, 9.17) is 4.74 Å². The van der Waals surface area contributed by atoms with Gasteiger partial charge >= 0.3 is 0 Å². The number of nitriles is 1. The Bertz CT molecular complexity index is 524. The lowest BCUT2D eigenvalue weighted by Crippen LogP contribution is -2.45. The summed E-state index contributed by atoms with van der Waals surface area (Å²) in [5.41, 5.74) is 1.04. The molecule has 2 rings (SSSR count). The normalized spacial score (nSPS) is 18.9. The number of non-ortho nitro benzene ring substituents is 1. The molecule has 6 nitrogen and oxygen atoms in total. The quantitative estimate of drug-likeness (QED) is 0.614. The van der Waals surface area contributed by atoms with E-state index in [2.05, 4.69) is 11.8 Å². The molecule has 1 fully saturated rings. The van der Waals surface area contributed by atoms with Crippen LogP contribution < -0.4 is 4.90 Å². The summed E-state index contributed by atoms with van der Waals surface area (Å²) in [6.45, 7) is 3.99. The molecule has 6 heteroatoms. The summed E-state index contributed by atoms with van der Waals surface area (Å²) in [6.07, 6.45) is 0.905. The molecular weight excluding hydrogens is 246 g/mol. The van der Waals surface area contributed by atoms with Crippen LogP contribution in [0.15, 0.2) is 18.2 Å². The van der Waals surface area contributed by atoms with Gasteiger partial charge in [0.1, 0.15) is 6.07 Å². The van der Waals surface area contributed by atoms with Gasteiger partial charge in [-0.05, 0) is 12.5 Å². The van der Waals surface area contributed by atoms with Crippen molar-refractivity contribution in [1.29, 1.82) is 5.26 Å². The second-order valence-corrected chi connectivity index (χ2v) is 4.40. The minimum absolute atomic E-state index is 0.0541. The highest BCUT2D eigenvalue weighted by Crippen LogP contribution is 2.28. The molecule has 1 aromatic rings. The van der Waals surface area contributed by atoms with Gasteiger partial charge in [0.15, 0.2) is 0 Å². The van der Waals surface area contributed by atoms with Crippen LogP contribution in [0, 0.1) is 21.4 Å². The fourth-order valence-electron chi connectivity index (χ4n) is 2.29. The number of nitro benzene ring substituents is 1. The van der Waals surface area contributed by atoms with Crippen molar-refractivity contribution < 1.29 is 9.66 Å². The van der Waals surface area contributed by atoms with Gasteiger partial charge in [-0.2, -0.15) is 5.26 Å². The highest BCUT2D eigenvalue weighted by Gasteiger charge is 2.24. The summed E-state index contributed by atoms with van der Waals surface area (Å²) in [4.78, 5) is 12.4. The minimum Gasteiger partial charge on any atom is -0.377 e. The average molecular weight is 261 g/mol. The second kappa shape index (κ2) is 5.67. The van der Waals surface area contributed by atoms with E-state index in [1.807, 2.05) is 6.07 Å². The maximum Gasteiger partial charge on any atom is 0.270 e. The zero-order chi connectivity index (χ0) is 13.8. The number of hydrogen-bond donors (Lipinski definition) is 0. The second-order valence-electron chi connectivity index (χ2n) is 4.40. The first kappa shape index (κ1) is 13.3. The Morgan fingerprint density at radius 3 is 3.05 bits per heavy atom. The van der Waals surface area contributed by atoms with Crippen LogP contribution in [0.5, 0.6) is 0 Å².